The molecule has 5 heteroatoms. The average Bonchev–Trinajstić information content (AvgIpc) is 2.96. The second-order valence-electron chi connectivity index (χ2n) is 5.42. The molecule has 0 aliphatic carbocycles. The first-order chi connectivity index (χ1) is 10.2. The first-order valence-electron chi connectivity index (χ1n) is 7.33. The van der Waals surface area contributed by atoms with Gasteiger partial charge in [0, 0.05) is 18.7 Å². The lowest BCUT2D eigenvalue weighted by Crippen LogP contribution is -2.45. The first kappa shape index (κ1) is 13.8. The van der Waals surface area contributed by atoms with Gasteiger partial charge in [0.1, 0.15) is 0 Å². The Hall–Kier alpha value is -2.14. The topological polar surface area (TPSA) is 69.8 Å². The summed E-state index contributed by atoms with van der Waals surface area (Å²) in [5.74, 6) is 0.00708. The van der Waals surface area contributed by atoms with Crippen molar-refractivity contribution in [3.8, 4) is 0 Å². The standard InChI is InChI=1S/C16H20N4O/c1-3-11-6-4-5-10(2)15(11)20-16(21)13-7-12-14(8-17-13)19-9-18-12/h4-6,9,13,17H,3,7-8H2,1-2H3,(H,18,19)(H,20,21). The third kappa shape index (κ3) is 2.69. The molecule has 1 aliphatic rings. The first-order valence-corrected chi connectivity index (χ1v) is 7.33. The number of amides is 1. The molecule has 1 aliphatic heterocycles. The van der Waals surface area contributed by atoms with Crippen LogP contribution in [0.3, 0.4) is 0 Å². The van der Waals surface area contributed by atoms with Crippen LogP contribution in [0.1, 0.15) is 29.4 Å². The molecule has 1 unspecified atom stereocenters. The van der Waals surface area contributed by atoms with Gasteiger partial charge < -0.3 is 10.3 Å². The second-order valence-corrected chi connectivity index (χ2v) is 5.42. The molecule has 21 heavy (non-hydrogen) atoms. The van der Waals surface area contributed by atoms with Crippen molar-refractivity contribution < 1.29 is 4.79 Å². The van der Waals surface area contributed by atoms with E-state index in [0.29, 0.717) is 13.0 Å². The van der Waals surface area contributed by atoms with Gasteiger partial charge in [-0.05, 0) is 24.5 Å². The molecule has 0 saturated heterocycles. The lowest BCUT2D eigenvalue weighted by molar-refractivity contribution is -0.118. The molecule has 0 saturated carbocycles. The Morgan fingerprint density at radius 3 is 3.14 bits per heavy atom. The van der Waals surface area contributed by atoms with Crippen molar-refractivity contribution in [3.63, 3.8) is 0 Å². The number of carbonyl (C=O) groups is 1. The van der Waals surface area contributed by atoms with Crippen LogP contribution >= 0.6 is 0 Å². The Labute approximate surface area is 124 Å². The number of H-pyrrole nitrogens is 1. The number of hydrogen-bond acceptors (Lipinski definition) is 3. The largest absolute Gasteiger partial charge is 0.347 e. The Kier molecular flexibility index (Phi) is 3.75. The van der Waals surface area contributed by atoms with Crippen molar-refractivity contribution in [1.29, 1.82) is 0 Å². The van der Waals surface area contributed by atoms with Crippen LogP contribution in [0.15, 0.2) is 24.5 Å². The molecule has 110 valence electrons. The number of carbonyl (C=O) groups excluding carboxylic acids is 1. The minimum Gasteiger partial charge on any atom is -0.347 e. The van der Waals surface area contributed by atoms with E-state index in [0.717, 1.165) is 29.1 Å². The quantitative estimate of drug-likeness (QED) is 0.806. The number of aromatic nitrogens is 2. The van der Waals surface area contributed by atoms with Crippen LogP contribution in [0.4, 0.5) is 5.69 Å². The number of imidazole rings is 1. The molecule has 0 spiro atoms. The summed E-state index contributed by atoms with van der Waals surface area (Å²) in [6, 6.07) is 5.88. The van der Waals surface area contributed by atoms with Crippen LogP contribution in [-0.2, 0) is 24.2 Å². The highest BCUT2D eigenvalue weighted by atomic mass is 16.2. The number of anilines is 1. The van der Waals surface area contributed by atoms with Gasteiger partial charge in [-0.1, -0.05) is 25.1 Å². The highest BCUT2D eigenvalue weighted by molar-refractivity contribution is 5.96. The molecule has 3 rings (SSSR count). The fourth-order valence-corrected chi connectivity index (χ4v) is 2.77. The normalized spacial score (nSPS) is 17.3. The molecule has 1 aromatic carbocycles. The van der Waals surface area contributed by atoms with Crippen LogP contribution in [0.5, 0.6) is 0 Å². The third-order valence-corrected chi connectivity index (χ3v) is 4.03. The van der Waals surface area contributed by atoms with Crippen LogP contribution in [0.2, 0.25) is 0 Å². The molecule has 5 nitrogen and oxygen atoms in total. The number of rotatable bonds is 3. The minimum absolute atomic E-state index is 0.00708. The predicted molar refractivity (Wildman–Crippen MR) is 82.1 cm³/mol. The summed E-state index contributed by atoms with van der Waals surface area (Å²) >= 11 is 0. The van der Waals surface area contributed by atoms with Crippen LogP contribution in [0, 0.1) is 6.92 Å². The molecule has 1 aromatic heterocycles. The van der Waals surface area contributed by atoms with Crippen molar-refractivity contribution >= 4 is 11.6 Å². The van der Waals surface area contributed by atoms with Crippen LogP contribution in [-0.4, -0.2) is 21.9 Å². The highest BCUT2D eigenvalue weighted by Gasteiger charge is 2.26. The average molecular weight is 284 g/mol. The summed E-state index contributed by atoms with van der Waals surface area (Å²) in [4.78, 5) is 19.9. The van der Waals surface area contributed by atoms with Gasteiger partial charge in [-0.3, -0.25) is 10.1 Å². The van der Waals surface area contributed by atoms with Crippen molar-refractivity contribution in [3.05, 3.63) is 47.0 Å². The summed E-state index contributed by atoms with van der Waals surface area (Å²) in [5.41, 5.74) is 5.26. The van der Waals surface area contributed by atoms with Gasteiger partial charge in [-0.2, -0.15) is 0 Å². The van der Waals surface area contributed by atoms with E-state index < -0.39 is 0 Å². The van der Waals surface area contributed by atoms with E-state index in [-0.39, 0.29) is 11.9 Å². The van der Waals surface area contributed by atoms with Crippen LogP contribution < -0.4 is 10.6 Å². The number of hydrogen-bond donors (Lipinski definition) is 3. The Bertz CT molecular complexity index is 662. The molecule has 2 heterocycles. The van der Waals surface area contributed by atoms with Crippen molar-refractivity contribution in [2.45, 2.75) is 39.3 Å². The van der Waals surface area contributed by atoms with Gasteiger partial charge in [0.05, 0.1) is 23.8 Å². The maximum Gasteiger partial charge on any atom is 0.241 e. The van der Waals surface area contributed by atoms with Crippen LogP contribution in [0.25, 0.3) is 0 Å². The Balaban J connectivity index is 1.76. The zero-order valence-corrected chi connectivity index (χ0v) is 12.4. The summed E-state index contributed by atoms with van der Waals surface area (Å²) < 4.78 is 0. The molecular weight excluding hydrogens is 264 g/mol. The van der Waals surface area contributed by atoms with E-state index >= 15 is 0 Å². The predicted octanol–water partition coefficient (Wildman–Crippen LogP) is 1.93. The fraction of sp³-hybridized carbons (Fsp3) is 0.375. The monoisotopic (exact) mass is 284 g/mol. The van der Waals surface area contributed by atoms with Gasteiger partial charge in [0.15, 0.2) is 0 Å². The molecule has 3 N–H and O–H groups in total. The van der Waals surface area contributed by atoms with E-state index in [1.165, 1.54) is 5.56 Å². The summed E-state index contributed by atoms with van der Waals surface area (Å²) in [7, 11) is 0. The van der Waals surface area contributed by atoms with Gasteiger partial charge in [-0.15, -0.1) is 0 Å². The lowest BCUT2D eigenvalue weighted by atomic mass is 10.0. The molecule has 0 fully saturated rings. The maximum absolute atomic E-state index is 12.5. The third-order valence-electron chi connectivity index (χ3n) is 4.03. The molecule has 1 amide bonds. The fourth-order valence-electron chi connectivity index (χ4n) is 2.77. The van der Waals surface area contributed by atoms with Gasteiger partial charge in [-0.25, -0.2) is 4.98 Å². The molecule has 2 aromatic rings. The van der Waals surface area contributed by atoms with E-state index in [1.54, 1.807) is 6.33 Å². The zero-order chi connectivity index (χ0) is 14.8. The Morgan fingerprint density at radius 2 is 2.33 bits per heavy atom. The van der Waals surface area contributed by atoms with E-state index in [4.69, 9.17) is 0 Å². The van der Waals surface area contributed by atoms with E-state index in [1.807, 2.05) is 19.1 Å². The summed E-state index contributed by atoms with van der Waals surface area (Å²) in [6.07, 6.45) is 3.21. The smallest absolute Gasteiger partial charge is 0.241 e. The number of nitrogens with zero attached hydrogens (tertiary/aromatic N) is 1. The molecule has 0 bridgehead atoms. The number of aryl methyl sites for hydroxylation is 2. The van der Waals surface area contributed by atoms with E-state index in [9.17, 15) is 4.79 Å². The highest BCUT2D eigenvalue weighted by Crippen LogP contribution is 2.22. The van der Waals surface area contributed by atoms with Gasteiger partial charge in [0.25, 0.3) is 0 Å². The van der Waals surface area contributed by atoms with Gasteiger partial charge >= 0.3 is 0 Å². The molecule has 0 radical (unpaired) electrons. The maximum atomic E-state index is 12.5. The SMILES string of the molecule is CCc1cccc(C)c1NC(=O)C1Cc2nc[nH]c2CN1. The number of benzene rings is 1. The minimum atomic E-state index is -0.231. The second kappa shape index (κ2) is 5.69. The summed E-state index contributed by atoms with van der Waals surface area (Å²) in [6.45, 7) is 4.77. The lowest BCUT2D eigenvalue weighted by Gasteiger charge is -2.23. The van der Waals surface area contributed by atoms with Crippen molar-refractivity contribution in [2.24, 2.45) is 0 Å². The number of nitrogens with one attached hydrogen (secondary N) is 3. The molecule has 1 atom stereocenters. The Morgan fingerprint density at radius 1 is 1.48 bits per heavy atom. The van der Waals surface area contributed by atoms with Crippen molar-refractivity contribution in [2.75, 3.05) is 5.32 Å². The zero-order valence-electron chi connectivity index (χ0n) is 12.4. The van der Waals surface area contributed by atoms with Gasteiger partial charge in [0.2, 0.25) is 5.91 Å². The number of para-hydroxylation sites is 1. The summed E-state index contributed by atoms with van der Waals surface area (Å²) in [5, 5.41) is 6.34. The van der Waals surface area contributed by atoms with E-state index in [2.05, 4.69) is 33.6 Å². The number of aromatic amines is 1. The number of fused-ring (bicyclic) bond motifs is 1. The van der Waals surface area contributed by atoms with Crippen molar-refractivity contribution in [1.82, 2.24) is 15.3 Å². The molecular formula is C16H20N4O.